The molecule has 0 amide bonds. The molecular formula is C14H17N3O2. The molecule has 1 aliphatic rings. The molecule has 5 nitrogen and oxygen atoms in total. The molecular weight excluding hydrogens is 242 g/mol. The second kappa shape index (κ2) is 5.01. The molecule has 5 heteroatoms. The first-order valence-electron chi connectivity index (χ1n) is 6.50. The molecule has 0 saturated heterocycles. The molecule has 100 valence electrons. The Morgan fingerprint density at radius 2 is 2.32 bits per heavy atom. The summed E-state index contributed by atoms with van der Waals surface area (Å²) in [5.74, 6) is 2.30. The van der Waals surface area contributed by atoms with Crippen LogP contribution in [0.4, 0.5) is 0 Å². The van der Waals surface area contributed by atoms with Crippen LogP contribution in [-0.4, -0.2) is 16.7 Å². The van der Waals surface area contributed by atoms with E-state index in [1.165, 1.54) is 11.1 Å². The molecule has 1 aromatic carbocycles. The smallest absolute Gasteiger partial charge is 0.240 e. The lowest BCUT2D eigenvalue weighted by Gasteiger charge is -2.13. The van der Waals surface area contributed by atoms with Gasteiger partial charge in [-0.1, -0.05) is 17.3 Å². The van der Waals surface area contributed by atoms with E-state index < -0.39 is 0 Å². The Labute approximate surface area is 112 Å². The van der Waals surface area contributed by atoms with E-state index >= 15 is 0 Å². The number of rotatable bonds is 4. The fraction of sp³-hybridized carbons (Fsp3) is 0.429. The molecule has 0 saturated carbocycles. The molecule has 0 fully saturated rings. The van der Waals surface area contributed by atoms with Crippen molar-refractivity contribution in [2.75, 3.05) is 6.61 Å². The highest BCUT2D eigenvalue weighted by Crippen LogP contribution is 2.28. The first-order valence-corrected chi connectivity index (χ1v) is 6.50. The van der Waals surface area contributed by atoms with E-state index in [1.54, 1.807) is 0 Å². The van der Waals surface area contributed by atoms with E-state index in [0.717, 1.165) is 18.8 Å². The molecule has 0 aliphatic carbocycles. The van der Waals surface area contributed by atoms with Crippen molar-refractivity contribution < 1.29 is 9.26 Å². The van der Waals surface area contributed by atoms with E-state index in [-0.39, 0.29) is 6.04 Å². The van der Waals surface area contributed by atoms with Crippen molar-refractivity contribution >= 4 is 0 Å². The Bertz CT molecular complexity index is 580. The largest absolute Gasteiger partial charge is 0.493 e. The van der Waals surface area contributed by atoms with Gasteiger partial charge in [0, 0.05) is 12.5 Å². The van der Waals surface area contributed by atoms with Gasteiger partial charge in [0.25, 0.3) is 0 Å². The Kier molecular flexibility index (Phi) is 3.21. The van der Waals surface area contributed by atoms with Crippen LogP contribution in [0.1, 0.15) is 35.8 Å². The summed E-state index contributed by atoms with van der Waals surface area (Å²) in [4.78, 5) is 4.17. The van der Waals surface area contributed by atoms with Crippen molar-refractivity contribution in [3.8, 4) is 5.75 Å². The van der Waals surface area contributed by atoms with Crippen LogP contribution in [0.25, 0.3) is 0 Å². The summed E-state index contributed by atoms with van der Waals surface area (Å²) < 4.78 is 10.6. The van der Waals surface area contributed by atoms with E-state index in [1.807, 2.05) is 13.0 Å². The highest BCUT2D eigenvalue weighted by molar-refractivity contribution is 5.40. The van der Waals surface area contributed by atoms with Gasteiger partial charge in [0.05, 0.1) is 13.2 Å². The van der Waals surface area contributed by atoms with Gasteiger partial charge in [-0.05, 0) is 31.0 Å². The number of fused-ring (bicyclic) bond motifs is 1. The van der Waals surface area contributed by atoms with Gasteiger partial charge >= 0.3 is 0 Å². The summed E-state index contributed by atoms with van der Waals surface area (Å²) >= 11 is 0. The topological polar surface area (TPSA) is 60.2 Å². The van der Waals surface area contributed by atoms with Crippen molar-refractivity contribution in [3.05, 3.63) is 41.0 Å². The standard InChI is InChI=1S/C14H17N3O2/c1-9(15-8-14-16-10(2)17-19-14)11-3-4-13-12(7-11)5-6-18-13/h3-4,7,9,15H,5-6,8H2,1-2H3. The number of nitrogens with zero attached hydrogens (tertiary/aromatic N) is 2. The van der Waals surface area contributed by atoms with Crippen molar-refractivity contribution in [3.63, 3.8) is 0 Å². The van der Waals surface area contributed by atoms with Crippen molar-refractivity contribution in [1.29, 1.82) is 0 Å². The van der Waals surface area contributed by atoms with E-state index in [4.69, 9.17) is 9.26 Å². The Balaban J connectivity index is 1.65. The maximum absolute atomic E-state index is 5.51. The summed E-state index contributed by atoms with van der Waals surface area (Å²) in [6.07, 6.45) is 0.999. The monoisotopic (exact) mass is 259 g/mol. The fourth-order valence-electron chi connectivity index (χ4n) is 2.25. The molecule has 1 aromatic heterocycles. The Hall–Kier alpha value is -1.88. The molecule has 1 atom stereocenters. The number of nitrogens with one attached hydrogen (secondary N) is 1. The molecule has 1 aliphatic heterocycles. The van der Waals surface area contributed by atoms with Crippen LogP contribution < -0.4 is 10.1 Å². The Morgan fingerprint density at radius 1 is 1.42 bits per heavy atom. The molecule has 0 spiro atoms. The quantitative estimate of drug-likeness (QED) is 0.911. The van der Waals surface area contributed by atoms with Crippen LogP contribution in [0.2, 0.25) is 0 Å². The predicted octanol–water partition coefficient (Wildman–Crippen LogP) is 2.16. The minimum absolute atomic E-state index is 0.234. The van der Waals surface area contributed by atoms with Crippen LogP contribution in [-0.2, 0) is 13.0 Å². The lowest BCUT2D eigenvalue weighted by molar-refractivity contribution is 0.356. The third kappa shape index (κ3) is 2.61. The summed E-state index contributed by atoms with van der Waals surface area (Å²) in [7, 11) is 0. The van der Waals surface area contributed by atoms with Gasteiger partial charge in [-0.25, -0.2) is 0 Å². The van der Waals surface area contributed by atoms with Crippen LogP contribution in [0.15, 0.2) is 22.7 Å². The van der Waals surface area contributed by atoms with E-state index in [9.17, 15) is 0 Å². The van der Waals surface area contributed by atoms with Crippen molar-refractivity contribution in [2.45, 2.75) is 32.9 Å². The number of hydrogen-bond donors (Lipinski definition) is 1. The second-order valence-corrected chi connectivity index (χ2v) is 4.80. The summed E-state index contributed by atoms with van der Waals surface area (Å²) in [6, 6.07) is 6.59. The number of benzene rings is 1. The van der Waals surface area contributed by atoms with E-state index in [2.05, 4.69) is 34.5 Å². The first kappa shape index (κ1) is 12.2. The normalized spacial score (nSPS) is 15.1. The molecule has 3 rings (SSSR count). The second-order valence-electron chi connectivity index (χ2n) is 4.80. The maximum Gasteiger partial charge on any atom is 0.240 e. The van der Waals surface area contributed by atoms with Crippen LogP contribution in [0.5, 0.6) is 5.75 Å². The lowest BCUT2D eigenvalue weighted by Crippen LogP contribution is -2.18. The lowest BCUT2D eigenvalue weighted by atomic mass is 10.0. The van der Waals surface area contributed by atoms with Gasteiger partial charge in [0.2, 0.25) is 5.89 Å². The zero-order valence-corrected chi connectivity index (χ0v) is 11.1. The average Bonchev–Trinajstić information content (AvgIpc) is 3.03. The highest BCUT2D eigenvalue weighted by atomic mass is 16.5. The summed E-state index contributed by atoms with van der Waals surface area (Å²) in [5, 5.41) is 7.15. The number of aromatic nitrogens is 2. The van der Waals surface area contributed by atoms with Gasteiger partial charge in [0.1, 0.15) is 5.75 Å². The Morgan fingerprint density at radius 3 is 3.11 bits per heavy atom. The average molecular weight is 259 g/mol. The van der Waals surface area contributed by atoms with E-state index in [0.29, 0.717) is 18.3 Å². The zero-order valence-electron chi connectivity index (χ0n) is 11.1. The molecule has 0 radical (unpaired) electrons. The minimum atomic E-state index is 0.234. The fourth-order valence-corrected chi connectivity index (χ4v) is 2.25. The third-order valence-electron chi connectivity index (χ3n) is 3.34. The van der Waals surface area contributed by atoms with Gasteiger partial charge in [0.15, 0.2) is 5.82 Å². The van der Waals surface area contributed by atoms with Crippen molar-refractivity contribution in [2.24, 2.45) is 0 Å². The molecule has 1 unspecified atom stereocenters. The predicted molar refractivity (Wildman–Crippen MR) is 69.9 cm³/mol. The summed E-state index contributed by atoms with van der Waals surface area (Å²) in [6.45, 7) is 5.31. The molecule has 2 aromatic rings. The number of hydrogen-bond acceptors (Lipinski definition) is 5. The van der Waals surface area contributed by atoms with Gasteiger partial charge in [-0.15, -0.1) is 0 Å². The molecule has 2 heterocycles. The maximum atomic E-state index is 5.51. The van der Waals surface area contributed by atoms with Crippen LogP contribution in [0.3, 0.4) is 0 Å². The number of ether oxygens (including phenoxy) is 1. The molecule has 0 bridgehead atoms. The van der Waals surface area contributed by atoms with Crippen LogP contribution in [0, 0.1) is 6.92 Å². The molecule has 1 N–H and O–H groups in total. The minimum Gasteiger partial charge on any atom is -0.493 e. The zero-order chi connectivity index (χ0) is 13.2. The molecule has 19 heavy (non-hydrogen) atoms. The summed E-state index contributed by atoms with van der Waals surface area (Å²) in [5.41, 5.74) is 2.54. The first-order chi connectivity index (χ1) is 9.22. The van der Waals surface area contributed by atoms with Gasteiger partial charge < -0.3 is 14.6 Å². The van der Waals surface area contributed by atoms with Gasteiger partial charge in [-0.3, -0.25) is 0 Å². The SMILES string of the molecule is Cc1noc(CNC(C)c2ccc3c(c2)CCO3)n1. The van der Waals surface area contributed by atoms with Crippen molar-refractivity contribution in [1.82, 2.24) is 15.5 Å². The van der Waals surface area contributed by atoms with Crippen LogP contribution >= 0.6 is 0 Å². The number of aryl methyl sites for hydroxylation is 1. The highest BCUT2D eigenvalue weighted by Gasteiger charge is 2.14. The third-order valence-corrected chi connectivity index (χ3v) is 3.34. The van der Waals surface area contributed by atoms with Gasteiger partial charge in [-0.2, -0.15) is 4.98 Å².